The molecule has 26 heavy (non-hydrogen) atoms. The van der Waals surface area contributed by atoms with Crippen LogP contribution in [0.4, 0.5) is 0 Å². The smallest absolute Gasteiger partial charge is 0.306 e. The van der Waals surface area contributed by atoms with Gasteiger partial charge in [-0.05, 0) is 45.4 Å². The Kier molecular flexibility index (Phi) is 20.6. The lowest BCUT2D eigenvalue weighted by Crippen LogP contribution is -2.02. The molecule has 0 aromatic rings. The highest BCUT2D eigenvalue weighted by molar-refractivity contribution is 5.69. The Hall–Kier alpha value is -1.31. The predicted octanol–water partition coefficient (Wildman–Crippen LogP) is 7.70. The number of esters is 1. The van der Waals surface area contributed by atoms with Gasteiger partial charge in [0.05, 0.1) is 6.61 Å². The third-order valence-corrected chi connectivity index (χ3v) is 4.32. The summed E-state index contributed by atoms with van der Waals surface area (Å²) in [7, 11) is 0. The number of allylic oxidation sites excluding steroid dienone is 6. The van der Waals surface area contributed by atoms with Crippen molar-refractivity contribution < 1.29 is 9.53 Å². The molecule has 0 atom stereocenters. The summed E-state index contributed by atoms with van der Waals surface area (Å²) in [6.45, 7) is 4.59. The Morgan fingerprint density at radius 3 is 1.85 bits per heavy atom. The van der Waals surface area contributed by atoms with Crippen LogP contribution in [-0.2, 0) is 9.53 Å². The maximum absolute atomic E-state index is 11.2. The first-order valence-corrected chi connectivity index (χ1v) is 10.9. The molecule has 0 spiro atoms. The molecular weight excluding hydrogens is 320 g/mol. The summed E-state index contributed by atoms with van der Waals surface area (Å²) < 4.78 is 4.89. The third kappa shape index (κ3) is 20.7. The summed E-state index contributed by atoms with van der Waals surface area (Å²) in [5.41, 5.74) is 0. The summed E-state index contributed by atoms with van der Waals surface area (Å²) in [5.74, 6) is -0.101. The van der Waals surface area contributed by atoms with Crippen LogP contribution in [0.1, 0.15) is 104 Å². The van der Waals surface area contributed by atoms with E-state index in [4.69, 9.17) is 4.74 Å². The molecule has 0 aliphatic rings. The Morgan fingerprint density at radius 2 is 1.19 bits per heavy atom. The SMILES string of the molecule is CCCCCCCCCC/C=C\C/C=C\CC/C=C/CCC(=O)OCC. The molecule has 150 valence electrons. The van der Waals surface area contributed by atoms with Crippen LogP contribution in [0.25, 0.3) is 0 Å². The van der Waals surface area contributed by atoms with Crippen molar-refractivity contribution >= 4 is 5.97 Å². The zero-order chi connectivity index (χ0) is 19.1. The number of hydrogen-bond acceptors (Lipinski definition) is 2. The van der Waals surface area contributed by atoms with Crippen LogP contribution in [0.2, 0.25) is 0 Å². The van der Waals surface area contributed by atoms with Gasteiger partial charge < -0.3 is 4.74 Å². The van der Waals surface area contributed by atoms with Crippen molar-refractivity contribution in [2.45, 2.75) is 104 Å². The second-order valence-electron chi connectivity index (χ2n) is 6.83. The predicted molar refractivity (Wildman–Crippen MR) is 114 cm³/mol. The highest BCUT2D eigenvalue weighted by atomic mass is 16.5. The Bertz CT molecular complexity index is 380. The highest BCUT2D eigenvalue weighted by Gasteiger charge is 1.97. The second kappa shape index (κ2) is 21.7. The summed E-state index contributed by atoms with van der Waals surface area (Å²) >= 11 is 0. The maximum Gasteiger partial charge on any atom is 0.306 e. The quantitative estimate of drug-likeness (QED) is 0.142. The minimum absolute atomic E-state index is 0.101. The lowest BCUT2D eigenvalue weighted by atomic mass is 10.1. The molecule has 0 aliphatic carbocycles. The van der Waals surface area contributed by atoms with Crippen LogP contribution in [0.3, 0.4) is 0 Å². The molecule has 0 fully saturated rings. The van der Waals surface area contributed by atoms with Gasteiger partial charge in [0.25, 0.3) is 0 Å². The van der Waals surface area contributed by atoms with E-state index in [1.165, 1.54) is 57.8 Å². The van der Waals surface area contributed by atoms with Gasteiger partial charge in [0.2, 0.25) is 0 Å². The van der Waals surface area contributed by atoms with Gasteiger partial charge in [0.15, 0.2) is 0 Å². The monoisotopic (exact) mass is 362 g/mol. The van der Waals surface area contributed by atoms with Gasteiger partial charge in [-0.25, -0.2) is 0 Å². The summed E-state index contributed by atoms with van der Waals surface area (Å²) in [4.78, 5) is 11.2. The molecule has 2 nitrogen and oxygen atoms in total. The van der Waals surface area contributed by atoms with Crippen LogP contribution in [-0.4, -0.2) is 12.6 Å². The average molecular weight is 363 g/mol. The van der Waals surface area contributed by atoms with E-state index in [0.29, 0.717) is 13.0 Å². The molecule has 0 aromatic heterocycles. The lowest BCUT2D eigenvalue weighted by Gasteiger charge is -1.99. The maximum atomic E-state index is 11.2. The number of unbranched alkanes of at least 4 members (excludes halogenated alkanes) is 9. The first-order valence-electron chi connectivity index (χ1n) is 10.9. The Labute approximate surface area is 162 Å². The van der Waals surface area contributed by atoms with Crippen molar-refractivity contribution in [2.24, 2.45) is 0 Å². The molecule has 0 bridgehead atoms. The van der Waals surface area contributed by atoms with Gasteiger partial charge in [-0.2, -0.15) is 0 Å². The van der Waals surface area contributed by atoms with Crippen LogP contribution >= 0.6 is 0 Å². The molecule has 0 heterocycles. The summed E-state index contributed by atoms with van der Waals surface area (Å²) in [6, 6.07) is 0. The lowest BCUT2D eigenvalue weighted by molar-refractivity contribution is -0.143. The first-order chi connectivity index (χ1) is 12.8. The second-order valence-corrected chi connectivity index (χ2v) is 6.83. The number of ether oxygens (including phenoxy) is 1. The molecule has 0 rings (SSSR count). The van der Waals surface area contributed by atoms with Crippen molar-refractivity contribution in [2.75, 3.05) is 6.61 Å². The standard InChI is InChI=1S/C24H42O2/c1-3-5-6-7-8-9-10-11-12-13-14-15-16-17-18-19-20-21-22-23-24(25)26-4-2/h13-14,16-17,20-21H,3-12,15,18-19,22-23H2,1-2H3/b14-13-,17-16-,21-20+. The van der Waals surface area contributed by atoms with Crippen molar-refractivity contribution in [3.05, 3.63) is 36.5 Å². The van der Waals surface area contributed by atoms with E-state index in [9.17, 15) is 4.79 Å². The molecule has 0 saturated heterocycles. The van der Waals surface area contributed by atoms with Crippen LogP contribution in [0, 0.1) is 0 Å². The molecular formula is C24H42O2. The number of rotatable bonds is 18. The fourth-order valence-electron chi connectivity index (χ4n) is 2.77. The zero-order valence-corrected chi connectivity index (χ0v) is 17.4. The summed E-state index contributed by atoms with van der Waals surface area (Å²) in [6.07, 6.45) is 30.1. The van der Waals surface area contributed by atoms with Gasteiger partial charge in [0, 0.05) is 6.42 Å². The Morgan fingerprint density at radius 1 is 0.654 bits per heavy atom. The van der Waals surface area contributed by atoms with Crippen molar-refractivity contribution in [1.29, 1.82) is 0 Å². The minimum Gasteiger partial charge on any atom is -0.466 e. The largest absolute Gasteiger partial charge is 0.466 e. The van der Waals surface area contributed by atoms with Gasteiger partial charge in [-0.3, -0.25) is 4.79 Å². The fourth-order valence-corrected chi connectivity index (χ4v) is 2.77. The summed E-state index contributed by atoms with van der Waals surface area (Å²) in [5, 5.41) is 0. The van der Waals surface area contributed by atoms with Gasteiger partial charge >= 0.3 is 5.97 Å². The van der Waals surface area contributed by atoms with Gasteiger partial charge in [-0.1, -0.05) is 88.3 Å². The minimum atomic E-state index is -0.101. The molecule has 0 radical (unpaired) electrons. The molecule has 2 heteroatoms. The van der Waals surface area contributed by atoms with E-state index in [2.05, 4.69) is 43.4 Å². The number of hydrogen-bond donors (Lipinski definition) is 0. The average Bonchev–Trinajstić information content (AvgIpc) is 2.64. The van der Waals surface area contributed by atoms with Crippen LogP contribution in [0.15, 0.2) is 36.5 Å². The van der Waals surface area contributed by atoms with Crippen LogP contribution in [0.5, 0.6) is 0 Å². The molecule has 0 unspecified atom stereocenters. The van der Waals surface area contributed by atoms with Crippen molar-refractivity contribution in [3.63, 3.8) is 0 Å². The molecule has 0 amide bonds. The molecule has 0 N–H and O–H groups in total. The normalized spacial score (nSPS) is 11.9. The molecule has 0 saturated carbocycles. The van der Waals surface area contributed by atoms with E-state index in [-0.39, 0.29) is 5.97 Å². The van der Waals surface area contributed by atoms with Crippen molar-refractivity contribution in [1.82, 2.24) is 0 Å². The van der Waals surface area contributed by atoms with Gasteiger partial charge in [-0.15, -0.1) is 0 Å². The molecule has 0 aliphatic heterocycles. The van der Waals surface area contributed by atoms with E-state index >= 15 is 0 Å². The Balaban J connectivity index is 3.31. The number of carbonyl (C=O) groups excluding carboxylic acids is 1. The topological polar surface area (TPSA) is 26.3 Å². The van der Waals surface area contributed by atoms with Crippen molar-refractivity contribution in [3.8, 4) is 0 Å². The zero-order valence-electron chi connectivity index (χ0n) is 17.4. The van der Waals surface area contributed by atoms with E-state index in [0.717, 1.165) is 25.7 Å². The number of carbonyl (C=O) groups is 1. The van der Waals surface area contributed by atoms with Gasteiger partial charge in [0.1, 0.15) is 0 Å². The van der Waals surface area contributed by atoms with Crippen LogP contribution < -0.4 is 0 Å². The fraction of sp³-hybridized carbons (Fsp3) is 0.708. The van der Waals surface area contributed by atoms with E-state index < -0.39 is 0 Å². The first kappa shape index (κ1) is 24.7. The van der Waals surface area contributed by atoms with E-state index in [1.807, 2.05) is 6.92 Å². The highest BCUT2D eigenvalue weighted by Crippen LogP contribution is 2.09. The third-order valence-electron chi connectivity index (χ3n) is 4.32. The van der Waals surface area contributed by atoms with E-state index in [1.54, 1.807) is 0 Å². The molecule has 0 aromatic carbocycles.